The zero-order valence-corrected chi connectivity index (χ0v) is 9.60. The summed E-state index contributed by atoms with van der Waals surface area (Å²) in [5, 5.41) is 12.0. The van der Waals surface area contributed by atoms with E-state index in [1.165, 1.54) is 0 Å². The Hall–Kier alpha value is -1.23. The maximum atomic E-state index is 11.0. The van der Waals surface area contributed by atoms with Crippen LogP contribution in [0, 0.1) is 6.92 Å². The van der Waals surface area contributed by atoms with Gasteiger partial charge >= 0.3 is 5.97 Å². The van der Waals surface area contributed by atoms with E-state index in [1.54, 1.807) is 30.9 Å². The molecule has 0 aliphatic heterocycles. The van der Waals surface area contributed by atoms with Crippen LogP contribution >= 0.6 is 11.8 Å². The predicted molar refractivity (Wildman–Crippen MR) is 62.8 cm³/mol. The van der Waals surface area contributed by atoms with Gasteiger partial charge in [0.15, 0.2) is 0 Å². The third kappa shape index (κ3) is 3.13. The summed E-state index contributed by atoms with van der Waals surface area (Å²) in [6.45, 7) is 2.49. The fraction of sp³-hybridized carbons (Fsp3) is 0.400. The molecule has 0 amide bonds. The minimum Gasteiger partial charge on any atom is -0.478 e. The maximum Gasteiger partial charge on any atom is 0.339 e. The molecule has 0 aliphatic carbocycles. The molecule has 0 fully saturated rings. The SMILES string of the molecule is CSCCNc1nccc(C)c1C(=O)O. The Labute approximate surface area is 93.1 Å². The van der Waals surface area contributed by atoms with Crippen molar-refractivity contribution in [1.29, 1.82) is 0 Å². The van der Waals surface area contributed by atoms with Gasteiger partial charge in [-0.25, -0.2) is 9.78 Å². The van der Waals surface area contributed by atoms with Crippen LogP contribution in [0.15, 0.2) is 12.3 Å². The highest BCUT2D eigenvalue weighted by atomic mass is 32.2. The van der Waals surface area contributed by atoms with Gasteiger partial charge in [-0.15, -0.1) is 0 Å². The van der Waals surface area contributed by atoms with E-state index in [0.717, 1.165) is 17.9 Å². The standard InChI is InChI=1S/C10H14N2O2S/c1-7-3-4-11-9(8(7)10(13)14)12-5-6-15-2/h3-4H,5-6H2,1-2H3,(H,11,12)(H,13,14). The Morgan fingerprint density at radius 1 is 1.67 bits per heavy atom. The predicted octanol–water partition coefficient (Wildman–Crippen LogP) is 1.86. The number of pyridine rings is 1. The number of thioether (sulfide) groups is 1. The van der Waals surface area contributed by atoms with Crippen molar-refractivity contribution in [2.24, 2.45) is 0 Å². The molecule has 15 heavy (non-hydrogen) atoms. The third-order valence-corrected chi connectivity index (χ3v) is 2.58. The molecule has 4 nitrogen and oxygen atoms in total. The van der Waals surface area contributed by atoms with Crippen molar-refractivity contribution in [2.75, 3.05) is 23.9 Å². The van der Waals surface area contributed by atoms with Crippen LogP contribution in [0.5, 0.6) is 0 Å². The summed E-state index contributed by atoms with van der Waals surface area (Å²) in [4.78, 5) is 15.0. The van der Waals surface area contributed by atoms with Crippen molar-refractivity contribution >= 4 is 23.5 Å². The zero-order chi connectivity index (χ0) is 11.3. The molecule has 2 N–H and O–H groups in total. The summed E-state index contributed by atoms with van der Waals surface area (Å²) >= 11 is 1.70. The average Bonchev–Trinajstić information content (AvgIpc) is 2.17. The van der Waals surface area contributed by atoms with Gasteiger partial charge < -0.3 is 10.4 Å². The second kappa shape index (κ2) is 5.60. The number of aromatic nitrogens is 1. The summed E-state index contributed by atoms with van der Waals surface area (Å²) in [6.07, 6.45) is 3.62. The summed E-state index contributed by atoms with van der Waals surface area (Å²) in [7, 11) is 0. The fourth-order valence-corrected chi connectivity index (χ4v) is 1.54. The van der Waals surface area contributed by atoms with Gasteiger partial charge in [0.05, 0.1) is 0 Å². The van der Waals surface area contributed by atoms with E-state index < -0.39 is 5.97 Å². The Kier molecular flexibility index (Phi) is 4.42. The molecule has 1 rings (SSSR count). The van der Waals surface area contributed by atoms with Crippen LogP contribution in [0.1, 0.15) is 15.9 Å². The molecule has 0 radical (unpaired) electrons. The van der Waals surface area contributed by atoms with Crippen LogP contribution in [0.25, 0.3) is 0 Å². The van der Waals surface area contributed by atoms with Crippen LogP contribution in [0.3, 0.4) is 0 Å². The maximum absolute atomic E-state index is 11.0. The van der Waals surface area contributed by atoms with Crippen LogP contribution in [0.2, 0.25) is 0 Å². The van der Waals surface area contributed by atoms with Gasteiger partial charge in [-0.3, -0.25) is 0 Å². The number of carboxylic acids is 1. The quantitative estimate of drug-likeness (QED) is 0.750. The number of carbonyl (C=O) groups is 1. The number of anilines is 1. The van der Waals surface area contributed by atoms with E-state index in [9.17, 15) is 4.79 Å². The molecule has 0 aromatic carbocycles. The third-order valence-electron chi connectivity index (χ3n) is 1.97. The van der Waals surface area contributed by atoms with E-state index in [-0.39, 0.29) is 5.56 Å². The van der Waals surface area contributed by atoms with E-state index >= 15 is 0 Å². The Morgan fingerprint density at radius 2 is 2.40 bits per heavy atom. The van der Waals surface area contributed by atoms with E-state index in [0.29, 0.717) is 5.82 Å². The first-order valence-electron chi connectivity index (χ1n) is 4.58. The number of hydrogen-bond acceptors (Lipinski definition) is 4. The minimum absolute atomic E-state index is 0.263. The van der Waals surface area contributed by atoms with Gasteiger partial charge in [-0.05, 0) is 24.8 Å². The number of aromatic carboxylic acids is 1. The molecule has 0 unspecified atom stereocenters. The molecule has 1 aromatic heterocycles. The van der Waals surface area contributed by atoms with Crippen molar-refractivity contribution in [1.82, 2.24) is 4.98 Å². The summed E-state index contributed by atoms with van der Waals surface area (Å²) in [5.74, 6) is 0.443. The first-order chi connectivity index (χ1) is 7.16. The minimum atomic E-state index is -0.938. The molecule has 0 saturated heterocycles. The largest absolute Gasteiger partial charge is 0.478 e. The molecular weight excluding hydrogens is 212 g/mol. The number of carboxylic acid groups (broad SMARTS) is 1. The molecule has 0 atom stereocenters. The van der Waals surface area contributed by atoms with Gasteiger partial charge in [-0.2, -0.15) is 11.8 Å². The number of nitrogens with one attached hydrogen (secondary N) is 1. The first kappa shape index (κ1) is 11.8. The highest BCUT2D eigenvalue weighted by Gasteiger charge is 2.13. The number of aryl methyl sites for hydroxylation is 1. The van der Waals surface area contributed by atoms with Crippen LogP contribution in [0.4, 0.5) is 5.82 Å². The topological polar surface area (TPSA) is 62.2 Å². The second-order valence-electron chi connectivity index (χ2n) is 3.08. The molecule has 0 aliphatic rings. The molecule has 5 heteroatoms. The summed E-state index contributed by atoms with van der Waals surface area (Å²) in [5.41, 5.74) is 0.989. The Morgan fingerprint density at radius 3 is 3.00 bits per heavy atom. The molecule has 0 saturated carbocycles. The fourth-order valence-electron chi connectivity index (χ4n) is 1.23. The highest BCUT2D eigenvalue weighted by Crippen LogP contribution is 2.16. The van der Waals surface area contributed by atoms with Crippen molar-refractivity contribution < 1.29 is 9.90 Å². The van der Waals surface area contributed by atoms with E-state index in [1.807, 2.05) is 6.26 Å². The first-order valence-corrected chi connectivity index (χ1v) is 5.98. The van der Waals surface area contributed by atoms with Gasteiger partial charge in [0.25, 0.3) is 0 Å². The molecule has 0 bridgehead atoms. The lowest BCUT2D eigenvalue weighted by Crippen LogP contribution is -2.12. The number of hydrogen-bond donors (Lipinski definition) is 2. The van der Waals surface area contributed by atoms with Crippen LogP contribution in [-0.4, -0.2) is 34.6 Å². The normalized spacial score (nSPS) is 10.0. The Balaban J connectivity index is 2.86. The molecule has 1 heterocycles. The van der Waals surface area contributed by atoms with Crippen molar-refractivity contribution in [3.8, 4) is 0 Å². The lowest BCUT2D eigenvalue weighted by Gasteiger charge is -2.09. The van der Waals surface area contributed by atoms with Gasteiger partial charge in [0.1, 0.15) is 11.4 Å². The van der Waals surface area contributed by atoms with E-state index in [4.69, 9.17) is 5.11 Å². The van der Waals surface area contributed by atoms with Gasteiger partial charge in [-0.1, -0.05) is 0 Å². The monoisotopic (exact) mass is 226 g/mol. The number of rotatable bonds is 5. The summed E-state index contributed by atoms with van der Waals surface area (Å²) in [6, 6.07) is 1.70. The van der Waals surface area contributed by atoms with Crippen molar-refractivity contribution in [3.63, 3.8) is 0 Å². The zero-order valence-electron chi connectivity index (χ0n) is 8.78. The lowest BCUT2D eigenvalue weighted by molar-refractivity contribution is 0.0697. The van der Waals surface area contributed by atoms with Gasteiger partial charge in [0, 0.05) is 18.5 Å². The molecule has 0 spiro atoms. The summed E-state index contributed by atoms with van der Waals surface area (Å²) < 4.78 is 0. The molecule has 82 valence electrons. The second-order valence-corrected chi connectivity index (χ2v) is 4.06. The van der Waals surface area contributed by atoms with E-state index in [2.05, 4.69) is 10.3 Å². The highest BCUT2D eigenvalue weighted by molar-refractivity contribution is 7.98. The average molecular weight is 226 g/mol. The van der Waals surface area contributed by atoms with Crippen molar-refractivity contribution in [3.05, 3.63) is 23.4 Å². The van der Waals surface area contributed by atoms with Crippen LogP contribution in [-0.2, 0) is 0 Å². The van der Waals surface area contributed by atoms with Crippen LogP contribution < -0.4 is 5.32 Å². The smallest absolute Gasteiger partial charge is 0.339 e. The van der Waals surface area contributed by atoms with Crippen molar-refractivity contribution in [2.45, 2.75) is 6.92 Å². The Bertz CT molecular complexity index is 355. The van der Waals surface area contributed by atoms with Gasteiger partial charge in [0.2, 0.25) is 0 Å². The lowest BCUT2D eigenvalue weighted by atomic mass is 10.1. The molecule has 1 aromatic rings. The number of nitrogens with zero attached hydrogens (tertiary/aromatic N) is 1. The molecular formula is C10H14N2O2S.